The number of amides is 1. The number of sulfonamides is 1. The second kappa shape index (κ2) is 10.7. The number of carbonyl (C=O) groups excluding carboxylic acids is 1. The van der Waals surface area contributed by atoms with Crippen molar-refractivity contribution in [3.63, 3.8) is 0 Å². The van der Waals surface area contributed by atoms with Gasteiger partial charge in [-0.2, -0.15) is 4.31 Å². The summed E-state index contributed by atoms with van der Waals surface area (Å²) in [6, 6.07) is 6.55. The number of rotatable bonds is 9. The van der Waals surface area contributed by atoms with E-state index in [1.165, 1.54) is 15.6 Å². The van der Waals surface area contributed by atoms with Crippen LogP contribution < -0.4 is 11.1 Å². The highest BCUT2D eigenvalue weighted by molar-refractivity contribution is 7.89. The Morgan fingerprint density at radius 3 is 2.41 bits per heavy atom. The normalized spacial score (nSPS) is 11.3. The highest BCUT2D eigenvalue weighted by atomic mass is 35.5. The third-order valence-corrected chi connectivity index (χ3v) is 6.83. The molecule has 3 N–H and O–H groups in total. The standard InChI is InChI=1S/C17H24N4O3S2.ClH/c1-3-21(4-2)26(23,24)14-7-5-13(6-8-14)11-19-17(22)15-12-25-16(20-15)9-10-18;/h5-8,12H,3-4,9-11,18H2,1-2H3,(H,19,22);1H. The van der Waals surface area contributed by atoms with Gasteiger partial charge in [0.2, 0.25) is 10.0 Å². The number of carbonyl (C=O) groups is 1. The lowest BCUT2D eigenvalue weighted by molar-refractivity contribution is 0.0946. The summed E-state index contributed by atoms with van der Waals surface area (Å²) in [6.45, 7) is 5.27. The number of aromatic nitrogens is 1. The van der Waals surface area contributed by atoms with Gasteiger partial charge in [-0.25, -0.2) is 13.4 Å². The fraction of sp³-hybridized carbons (Fsp3) is 0.412. The number of halogens is 1. The number of nitrogens with one attached hydrogen (secondary N) is 1. The molecule has 2 rings (SSSR count). The zero-order valence-electron chi connectivity index (χ0n) is 15.3. The van der Waals surface area contributed by atoms with E-state index in [0.29, 0.717) is 38.3 Å². The number of hydrogen-bond donors (Lipinski definition) is 2. The molecule has 1 aromatic heterocycles. The maximum Gasteiger partial charge on any atom is 0.271 e. The van der Waals surface area contributed by atoms with E-state index in [-0.39, 0.29) is 23.2 Å². The molecule has 10 heteroatoms. The van der Waals surface area contributed by atoms with Gasteiger partial charge in [0, 0.05) is 31.4 Å². The molecule has 0 aliphatic rings. The van der Waals surface area contributed by atoms with E-state index in [0.717, 1.165) is 10.6 Å². The van der Waals surface area contributed by atoms with Crippen LogP contribution in [-0.4, -0.2) is 43.2 Å². The predicted molar refractivity (Wildman–Crippen MR) is 110 cm³/mol. The van der Waals surface area contributed by atoms with E-state index in [1.54, 1.807) is 29.6 Å². The fourth-order valence-corrected chi connectivity index (χ4v) is 4.67. The fourth-order valence-electron chi connectivity index (χ4n) is 2.42. The van der Waals surface area contributed by atoms with E-state index in [1.807, 2.05) is 13.8 Å². The third-order valence-electron chi connectivity index (χ3n) is 3.86. The van der Waals surface area contributed by atoms with E-state index in [2.05, 4.69) is 10.3 Å². The maximum atomic E-state index is 12.5. The predicted octanol–water partition coefficient (Wildman–Crippen LogP) is 2.03. The van der Waals surface area contributed by atoms with Crippen LogP contribution in [0.2, 0.25) is 0 Å². The number of benzene rings is 1. The van der Waals surface area contributed by atoms with Crippen LogP contribution in [-0.2, 0) is 23.0 Å². The molecule has 0 aliphatic carbocycles. The molecule has 27 heavy (non-hydrogen) atoms. The van der Waals surface area contributed by atoms with Gasteiger partial charge in [-0.1, -0.05) is 26.0 Å². The van der Waals surface area contributed by atoms with Gasteiger partial charge in [-0.15, -0.1) is 23.7 Å². The van der Waals surface area contributed by atoms with Crippen molar-refractivity contribution in [1.29, 1.82) is 0 Å². The second-order valence-corrected chi connectivity index (χ2v) is 8.46. The average molecular weight is 433 g/mol. The Hall–Kier alpha value is -1.52. The number of thiazole rings is 1. The van der Waals surface area contributed by atoms with Gasteiger partial charge in [0.15, 0.2) is 0 Å². The lowest BCUT2D eigenvalue weighted by Gasteiger charge is -2.18. The van der Waals surface area contributed by atoms with Gasteiger partial charge in [-0.05, 0) is 24.2 Å². The molecule has 1 aromatic carbocycles. The van der Waals surface area contributed by atoms with Crippen LogP contribution in [0, 0.1) is 0 Å². The second-order valence-electron chi connectivity index (χ2n) is 5.58. The SMILES string of the molecule is CCN(CC)S(=O)(=O)c1ccc(CNC(=O)c2csc(CCN)n2)cc1.Cl. The molecule has 2 aromatic rings. The molecule has 0 fully saturated rings. The van der Waals surface area contributed by atoms with Gasteiger partial charge in [0.1, 0.15) is 5.69 Å². The van der Waals surface area contributed by atoms with Crippen LogP contribution in [0.5, 0.6) is 0 Å². The summed E-state index contributed by atoms with van der Waals surface area (Å²) < 4.78 is 26.3. The van der Waals surface area contributed by atoms with Crippen LogP contribution in [0.1, 0.15) is 34.9 Å². The smallest absolute Gasteiger partial charge is 0.271 e. The van der Waals surface area contributed by atoms with Crippen molar-refractivity contribution in [2.45, 2.75) is 31.7 Å². The zero-order chi connectivity index (χ0) is 19.2. The summed E-state index contributed by atoms with van der Waals surface area (Å²) in [5, 5.41) is 5.33. The maximum absolute atomic E-state index is 12.5. The largest absolute Gasteiger partial charge is 0.347 e. The summed E-state index contributed by atoms with van der Waals surface area (Å²) in [5.41, 5.74) is 6.67. The first-order chi connectivity index (χ1) is 12.4. The van der Waals surface area contributed by atoms with Gasteiger partial charge in [-0.3, -0.25) is 4.79 Å². The minimum absolute atomic E-state index is 0. The molecule has 0 aliphatic heterocycles. The number of nitrogens with two attached hydrogens (primary N) is 1. The molecule has 0 radical (unpaired) electrons. The Morgan fingerprint density at radius 1 is 1.22 bits per heavy atom. The summed E-state index contributed by atoms with van der Waals surface area (Å²) in [6.07, 6.45) is 0.653. The molecule has 7 nitrogen and oxygen atoms in total. The average Bonchev–Trinajstić information content (AvgIpc) is 3.10. The number of nitrogens with zero attached hydrogens (tertiary/aromatic N) is 2. The molecule has 0 atom stereocenters. The van der Waals surface area contributed by atoms with Crippen LogP contribution in [0.4, 0.5) is 0 Å². The zero-order valence-corrected chi connectivity index (χ0v) is 17.8. The molecule has 0 bridgehead atoms. The van der Waals surface area contributed by atoms with E-state index < -0.39 is 10.0 Å². The lowest BCUT2D eigenvalue weighted by atomic mass is 10.2. The highest BCUT2D eigenvalue weighted by Gasteiger charge is 2.21. The first kappa shape index (κ1) is 23.5. The lowest BCUT2D eigenvalue weighted by Crippen LogP contribution is -2.30. The molecule has 0 unspecified atom stereocenters. The molecule has 0 spiro atoms. The van der Waals surface area contributed by atoms with Crippen molar-refractivity contribution in [2.75, 3.05) is 19.6 Å². The molecule has 150 valence electrons. The summed E-state index contributed by atoms with van der Waals surface area (Å²) in [4.78, 5) is 16.6. The van der Waals surface area contributed by atoms with Gasteiger partial charge < -0.3 is 11.1 Å². The van der Waals surface area contributed by atoms with Crippen molar-refractivity contribution < 1.29 is 13.2 Å². The monoisotopic (exact) mass is 432 g/mol. The molecule has 0 saturated heterocycles. The molecular weight excluding hydrogens is 408 g/mol. The number of hydrogen-bond acceptors (Lipinski definition) is 6. The van der Waals surface area contributed by atoms with Crippen molar-refractivity contribution in [3.8, 4) is 0 Å². The van der Waals surface area contributed by atoms with E-state index >= 15 is 0 Å². The molecule has 0 saturated carbocycles. The van der Waals surface area contributed by atoms with Gasteiger partial charge in [0.05, 0.1) is 9.90 Å². The van der Waals surface area contributed by atoms with Gasteiger partial charge >= 0.3 is 0 Å². The van der Waals surface area contributed by atoms with E-state index in [9.17, 15) is 13.2 Å². The van der Waals surface area contributed by atoms with Crippen molar-refractivity contribution >= 4 is 39.7 Å². The minimum Gasteiger partial charge on any atom is -0.347 e. The Balaban J connectivity index is 0.00000364. The quantitative estimate of drug-likeness (QED) is 0.630. The van der Waals surface area contributed by atoms with Crippen molar-refractivity contribution in [1.82, 2.24) is 14.6 Å². The summed E-state index contributed by atoms with van der Waals surface area (Å²) in [5.74, 6) is -0.260. The Morgan fingerprint density at radius 2 is 1.85 bits per heavy atom. The van der Waals surface area contributed by atoms with Gasteiger partial charge in [0.25, 0.3) is 5.91 Å². The molecule has 1 amide bonds. The first-order valence-electron chi connectivity index (χ1n) is 8.44. The van der Waals surface area contributed by atoms with Crippen LogP contribution in [0.25, 0.3) is 0 Å². The van der Waals surface area contributed by atoms with Crippen LogP contribution in [0.15, 0.2) is 34.5 Å². The third kappa shape index (κ3) is 5.98. The topological polar surface area (TPSA) is 105 Å². The molecule has 1 heterocycles. The van der Waals surface area contributed by atoms with E-state index in [4.69, 9.17) is 5.73 Å². The highest BCUT2D eigenvalue weighted by Crippen LogP contribution is 2.16. The summed E-state index contributed by atoms with van der Waals surface area (Å²) in [7, 11) is -3.47. The van der Waals surface area contributed by atoms with Crippen molar-refractivity contribution in [2.24, 2.45) is 5.73 Å². The van der Waals surface area contributed by atoms with Crippen LogP contribution >= 0.6 is 23.7 Å². The van der Waals surface area contributed by atoms with Crippen molar-refractivity contribution in [3.05, 3.63) is 45.9 Å². The summed E-state index contributed by atoms with van der Waals surface area (Å²) >= 11 is 1.41. The minimum atomic E-state index is -3.47. The Kier molecular flexibility index (Phi) is 9.34. The van der Waals surface area contributed by atoms with Crippen LogP contribution in [0.3, 0.4) is 0 Å². The first-order valence-corrected chi connectivity index (χ1v) is 10.8. The Labute approximate surface area is 170 Å². The molecular formula is C17H25ClN4O3S2. The Bertz CT molecular complexity index is 834.